The van der Waals surface area contributed by atoms with E-state index in [9.17, 15) is 14.4 Å². The molecule has 2 aromatic rings. The molecule has 0 bridgehead atoms. The fraction of sp³-hybridized carbons (Fsp3) is 0.188. The minimum Gasteiger partial charge on any atom is -0.462 e. The van der Waals surface area contributed by atoms with Gasteiger partial charge in [0.25, 0.3) is 11.7 Å². The fourth-order valence-electron chi connectivity index (χ4n) is 1.94. The highest BCUT2D eigenvalue weighted by Crippen LogP contribution is 2.12. The van der Waals surface area contributed by atoms with Crippen molar-refractivity contribution in [3.8, 4) is 0 Å². The van der Waals surface area contributed by atoms with E-state index in [1.54, 1.807) is 55.1 Å². The Morgan fingerprint density at radius 3 is 2.59 bits per heavy atom. The Hall–Kier alpha value is -2.89. The molecule has 1 N–H and O–H groups in total. The van der Waals surface area contributed by atoms with Gasteiger partial charge >= 0.3 is 5.97 Å². The van der Waals surface area contributed by atoms with Crippen LogP contribution in [-0.4, -0.2) is 28.8 Å². The minimum absolute atomic E-state index is 0.265. The molecule has 0 fully saturated rings. The maximum absolute atomic E-state index is 12.0. The first-order valence-electron chi connectivity index (χ1n) is 6.77. The van der Waals surface area contributed by atoms with Crippen LogP contribution in [0.3, 0.4) is 0 Å². The van der Waals surface area contributed by atoms with Gasteiger partial charge in [-0.2, -0.15) is 0 Å². The van der Waals surface area contributed by atoms with Gasteiger partial charge in [0, 0.05) is 18.9 Å². The van der Waals surface area contributed by atoms with Crippen LogP contribution in [0, 0.1) is 0 Å². The molecule has 2 rings (SSSR count). The topological polar surface area (TPSA) is 77.4 Å². The number of hydrogen-bond donors (Lipinski definition) is 1. The average molecular weight is 300 g/mol. The lowest BCUT2D eigenvalue weighted by Gasteiger charge is -2.07. The van der Waals surface area contributed by atoms with E-state index in [1.165, 1.54) is 6.07 Å². The number of Topliss-reactive ketones (excluding diaryl/α,β-unsaturated/α-hetero) is 1. The molecular weight excluding hydrogens is 284 g/mol. The fourth-order valence-corrected chi connectivity index (χ4v) is 1.94. The van der Waals surface area contributed by atoms with Gasteiger partial charge in [0.1, 0.15) is 0 Å². The van der Waals surface area contributed by atoms with Crippen molar-refractivity contribution >= 4 is 23.3 Å². The monoisotopic (exact) mass is 300 g/mol. The van der Waals surface area contributed by atoms with Crippen molar-refractivity contribution in [1.29, 1.82) is 0 Å². The number of amides is 1. The molecular formula is C16H16N2O4. The van der Waals surface area contributed by atoms with E-state index in [2.05, 4.69) is 5.32 Å². The summed E-state index contributed by atoms with van der Waals surface area (Å²) >= 11 is 0. The van der Waals surface area contributed by atoms with Crippen molar-refractivity contribution in [3.63, 3.8) is 0 Å². The number of nitrogens with zero attached hydrogens (tertiary/aromatic N) is 1. The molecule has 0 saturated carbocycles. The Morgan fingerprint density at radius 2 is 1.95 bits per heavy atom. The maximum atomic E-state index is 12.0. The van der Waals surface area contributed by atoms with Crippen LogP contribution in [-0.2, 0) is 16.6 Å². The van der Waals surface area contributed by atoms with Crippen LogP contribution in [0.5, 0.6) is 0 Å². The summed E-state index contributed by atoms with van der Waals surface area (Å²) in [7, 11) is 1.68. The second-order valence-electron chi connectivity index (χ2n) is 4.59. The molecule has 0 aliphatic carbocycles. The van der Waals surface area contributed by atoms with Crippen LogP contribution < -0.4 is 5.32 Å². The SMILES string of the molecule is CCOC(=O)c1cccc(NC(=O)C(=O)c2cccn2C)c1. The lowest BCUT2D eigenvalue weighted by atomic mass is 10.2. The number of esters is 1. The third kappa shape index (κ3) is 3.41. The summed E-state index contributed by atoms with van der Waals surface area (Å²) in [5.74, 6) is -1.88. The molecule has 1 heterocycles. The highest BCUT2D eigenvalue weighted by Gasteiger charge is 2.19. The van der Waals surface area contributed by atoms with Crippen LogP contribution in [0.25, 0.3) is 0 Å². The van der Waals surface area contributed by atoms with Gasteiger partial charge in [-0.3, -0.25) is 9.59 Å². The normalized spacial score (nSPS) is 10.1. The van der Waals surface area contributed by atoms with Gasteiger partial charge in [0.05, 0.1) is 17.9 Å². The van der Waals surface area contributed by atoms with Gasteiger partial charge < -0.3 is 14.6 Å². The number of aryl methyl sites for hydroxylation is 1. The molecule has 0 spiro atoms. The molecule has 6 heteroatoms. The van der Waals surface area contributed by atoms with Crippen molar-refractivity contribution < 1.29 is 19.1 Å². The number of benzene rings is 1. The van der Waals surface area contributed by atoms with E-state index in [1.807, 2.05) is 0 Å². The van der Waals surface area contributed by atoms with Crippen LogP contribution in [0.15, 0.2) is 42.6 Å². The second kappa shape index (κ2) is 6.71. The number of ether oxygens (including phenoxy) is 1. The predicted molar refractivity (Wildman–Crippen MR) is 80.8 cm³/mol. The van der Waals surface area contributed by atoms with Gasteiger partial charge in [0.15, 0.2) is 0 Å². The molecule has 0 aliphatic heterocycles. The van der Waals surface area contributed by atoms with E-state index in [0.717, 1.165) is 0 Å². The smallest absolute Gasteiger partial charge is 0.338 e. The number of carbonyl (C=O) groups is 3. The molecule has 22 heavy (non-hydrogen) atoms. The summed E-state index contributed by atoms with van der Waals surface area (Å²) in [6, 6.07) is 9.49. The first-order chi connectivity index (χ1) is 10.5. The molecule has 1 amide bonds. The van der Waals surface area contributed by atoms with E-state index >= 15 is 0 Å². The summed E-state index contributed by atoms with van der Waals surface area (Å²) in [5, 5.41) is 2.48. The molecule has 0 radical (unpaired) electrons. The molecule has 0 unspecified atom stereocenters. The summed E-state index contributed by atoms with van der Waals surface area (Å²) in [6.07, 6.45) is 1.68. The lowest BCUT2D eigenvalue weighted by molar-refractivity contribution is -0.112. The van der Waals surface area contributed by atoms with Gasteiger partial charge in [0.2, 0.25) is 0 Å². The molecule has 1 aromatic heterocycles. The van der Waals surface area contributed by atoms with Crippen molar-refractivity contribution in [2.75, 3.05) is 11.9 Å². The van der Waals surface area contributed by atoms with Gasteiger partial charge in [-0.05, 0) is 37.3 Å². The van der Waals surface area contributed by atoms with Gasteiger partial charge in [-0.1, -0.05) is 6.07 Å². The van der Waals surface area contributed by atoms with Crippen LogP contribution in [0.1, 0.15) is 27.8 Å². The van der Waals surface area contributed by atoms with Gasteiger partial charge in [-0.15, -0.1) is 0 Å². The lowest BCUT2D eigenvalue weighted by Crippen LogP contribution is -2.24. The van der Waals surface area contributed by atoms with Crippen LogP contribution >= 0.6 is 0 Å². The Kier molecular flexibility index (Phi) is 4.73. The predicted octanol–water partition coefficient (Wildman–Crippen LogP) is 2.02. The molecule has 0 atom stereocenters. The third-order valence-electron chi connectivity index (χ3n) is 3.01. The average Bonchev–Trinajstić information content (AvgIpc) is 2.93. The van der Waals surface area contributed by atoms with Gasteiger partial charge in [-0.25, -0.2) is 4.79 Å². The van der Waals surface area contributed by atoms with E-state index < -0.39 is 17.7 Å². The zero-order chi connectivity index (χ0) is 16.1. The van der Waals surface area contributed by atoms with Crippen molar-refractivity contribution in [1.82, 2.24) is 4.57 Å². The third-order valence-corrected chi connectivity index (χ3v) is 3.01. The zero-order valence-electron chi connectivity index (χ0n) is 12.3. The summed E-state index contributed by atoms with van der Waals surface area (Å²) < 4.78 is 6.45. The Bertz CT molecular complexity index is 718. The quantitative estimate of drug-likeness (QED) is 0.520. The molecule has 6 nitrogen and oxygen atoms in total. The Morgan fingerprint density at radius 1 is 1.18 bits per heavy atom. The van der Waals surface area contributed by atoms with Crippen LogP contribution in [0.4, 0.5) is 5.69 Å². The maximum Gasteiger partial charge on any atom is 0.338 e. The number of ketones is 1. The number of anilines is 1. The Balaban J connectivity index is 2.12. The Labute approximate surface area is 127 Å². The summed E-state index contributed by atoms with van der Waals surface area (Å²) in [6.45, 7) is 1.98. The summed E-state index contributed by atoms with van der Waals surface area (Å²) in [5.41, 5.74) is 0.961. The van der Waals surface area contributed by atoms with E-state index in [0.29, 0.717) is 16.9 Å². The van der Waals surface area contributed by atoms with E-state index in [4.69, 9.17) is 4.74 Å². The number of aromatic nitrogens is 1. The number of carbonyl (C=O) groups excluding carboxylic acids is 3. The first-order valence-corrected chi connectivity index (χ1v) is 6.77. The largest absolute Gasteiger partial charge is 0.462 e. The van der Waals surface area contributed by atoms with Crippen LogP contribution in [0.2, 0.25) is 0 Å². The zero-order valence-corrected chi connectivity index (χ0v) is 12.3. The number of hydrogen-bond acceptors (Lipinski definition) is 4. The second-order valence-corrected chi connectivity index (χ2v) is 4.59. The standard InChI is InChI=1S/C16H16N2O4/c1-3-22-16(21)11-6-4-7-12(10-11)17-15(20)14(19)13-8-5-9-18(13)2/h4-10H,3H2,1-2H3,(H,17,20). The molecule has 0 aliphatic rings. The molecule has 114 valence electrons. The molecule has 1 aromatic carbocycles. The van der Waals surface area contributed by atoms with E-state index in [-0.39, 0.29) is 6.61 Å². The first kappa shape index (κ1) is 15.5. The highest BCUT2D eigenvalue weighted by atomic mass is 16.5. The summed E-state index contributed by atoms with van der Waals surface area (Å²) in [4.78, 5) is 35.7. The highest BCUT2D eigenvalue weighted by molar-refractivity contribution is 6.46. The van der Waals surface area contributed by atoms with Crippen molar-refractivity contribution in [3.05, 3.63) is 53.9 Å². The van der Waals surface area contributed by atoms with Crippen molar-refractivity contribution in [2.24, 2.45) is 7.05 Å². The number of nitrogens with one attached hydrogen (secondary N) is 1. The molecule has 0 saturated heterocycles. The minimum atomic E-state index is -0.761. The number of rotatable bonds is 5. The van der Waals surface area contributed by atoms with Crippen molar-refractivity contribution in [2.45, 2.75) is 6.92 Å².